The predicted molar refractivity (Wildman–Crippen MR) is 140 cm³/mol. The minimum Gasteiger partial charge on any atom is -0.493 e. The molecule has 3 aromatic rings. The van der Waals surface area contributed by atoms with Crippen LogP contribution in [0.4, 0.5) is 0 Å². The number of carbonyl (C=O) groups excluding carboxylic acids is 2. The minimum atomic E-state index is -0.170. The van der Waals surface area contributed by atoms with Crippen molar-refractivity contribution in [1.82, 2.24) is 15.2 Å². The van der Waals surface area contributed by atoms with E-state index in [9.17, 15) is 9.59 Å². The highest BCUT2D eigenvalue weighted by molar-refractivity contribution is 8.00. The van der Waals surface area contributed by atoms with E-state index < -0.39 is 0 Å². The average molecular weight is 496 g/mol. The van der Waals surface area contributed by atoms with Crippen molar-refractivity contribution in [3.8, 4) is 11.5 Å². The van der Waals surface area contributed by atoms with Crippen molar-refractivity contribution in [2.45, 2.75) is 49.6 Å². The molecule has 0 aliphatic heterocycles. The largest absolute Gasteiger partial charge is 0.493 e. The molecule has 1 aromatic heterocycles. The molecule has 35 heavy (non-hydrogen) atoms. The van der Waals surface area contributed by atoms with Crippen LogP contribution in [-0.4, -0.2) is 48.9 Å². The van der Waals surface area contributed by atoms with E-state index in [0.29, 0.717) is 41.9 Å². The average Bonchev–Trinajstić information content (AvgIpc) is 3.25. The van der Waals surface area contributed by atoms with Crippen molar-refractivity contribution < 1.29 is 19.1 Å². The fourth-order valence-corrected chi connectivity index (χ4v) is 5.44. The number of methoxy groups -OCH3 is 2. The lowest BCUT2D eigenvalue weighted by molar-refractivity contribution is -0.119. The molecule has 2 amide bonds. The topological polar surface area (TPSA) is 81.6 Å². The molecule has 1 heterocycles. The van der Waals surface area contributed by atoms with Gasteiger partial charge >= 0.3 is 0 Å². The smallest absolute Gasteiger partial charge is 0.251 e. The van der Waals surface area contributed by atoms with Gasteiger partial charge in [-0.25, -0.2) is 0 Å². The van der Waals surface area contributed by atoms with Gasteiger partial charge in [0, 0.05) is 46.7 Å². The summed E-state index contributed by atoms with van der Waals surface area (Å²) in [6.07, 6.45) is 7.93. The van der Waals surface area contributed by atoms with E-state index in [1.54, 1.807) is 44.2 Å². The van der Waals surface area contributed by atoms with E-state index in [1.807, 2.05) is 12.1 Å². The van der Waals surface area contributed by atoms with Crippen LogP contribution in [0.5, 0.6) is 11.5 Å². The molecular weight excluding hydrogens is 462 g/mol. The Hall–Kier alpha value is -3.13. The van der Waals surface area contributed by atoms with Gasteiger partial charge in [0.25, 0.3) is 5.91 Å². The molecule has 8 heteroatoms. The van der Waals surface area contributed by atoms with Gasteiger partial charge in [0.1, 0.15) is 0 Å². The summed E-state index contributed by atoms with van der Waals surface area (Å²) in [5.41, 5.74) is 1.60. The van der Waals surface area contributed by atoms with Crippen LogP contribution in [0.15, 0.2) is 53.6 Å². The van der Waals surface area contributed by atoms with E-state index in [1.165, 1.54) is 19.3 Å². The second kappa shape index (κ2) is 12.0. The zero-order chi connectivity index (χ0) is 24.6. The summed E-state index contributed by atoms with van der Waals surface area (Å²) in [6, 6.07) is 13.6. The first-order valence-electron chi connectivity index (χ1n) is 12.1. The van der Waals surface area contributed by atoms with Gasteiger partial charge in [-0.05, 0) is 37.1 Å². The Morgan fingerprint density at radius 1 is 1.03 bits per heavy atom. The highest BCUT2D eigenvalue weighted by Gasteiger charge is 2.17. The number of benzene rings is 2. The summed E-state index contributed by atoms with van der Waals surface area (Å²) in [4.78, 5) is 26.2. The molecule has 0 bridgehead atoms. The fraction of sp³-hybridized carbons (Fsp3) is 0.407. The zero-order valence-corrected chi connectivity index (χ0v) is 21.2. The van der Waals surface area contributed by atoms with Gasteiger partial charge in [-0.1, -0.05) is 37.5 Å². The van der Waals surface area contributed by atoms with E-state index in [4.69, 9.17) is 9.47 Å². The molecule has 4 rings (SSSR count). The van der Waals surface area contributed by atoms with Crippen LogP contribution in [0, 0.1) is 0 Å². The lowest BCUT2D eigenvalue weighted by atomic mass is 9.95. The van der Waals surface area contributed by atoms with Crippen LogP contribution in [-0.2, 0) is 11.3 Å². The number of thioether (sulfide) groups is 1. The zero-order valence-electron chi connectivity index (χ0n) is 20.3. The summed E-state index contributed by atoms with van der Waals surface area (Å²) in [7, 11) is 3.11. The summed E-state index contributed by atoms with van der Waals surface area (Å²) >= 11 is 1.57. The Labute approximate surface area is 210 Å². The highest BCUT2D eigenvalue weighted by Crippen LogP contribution is 2.30. The Kier molecular flexibility index (Phi) is 8.58. The van der Waals surface area contributed by atoms with Crippen molar-refractivity contribution in [1.29, 1.82) is 0 Å². The van der Waals surface area contributed by atoms with Crippen LogP contribution in [0.25, 0.3) is 10.9 Å². The first kappa shape index (κ1) is 25.0. The quantitative estimate of drug-likeness (QED) is 0.401. The normalized spacial score (nSPS) is 14.0. The number of fused-ring (bicyclic) bond motifs is 1. The number of aromatic nitrogens is 1. The van der Waals surface area contributed by atoms with Gasteiger partial charge in [0.2, 0.25) is 5.91 Å². The number of carbonyl (C=O) groups is 2. The SMILES string of the molecule is COc1ccc(C(=O)NCCn2cc(SCC(=O)NC3CCCCC3)c3ccccc32)cc1OC. The molecule has 0 spiro atoms. The molecule has 1 saturated carbocycles. The molecule has 0 atom stereocenters. The van der Waals surface area contributed by atoms with Crippen molar-refractivity contribution >= 4 is 34.5 Å². The van der Waals surface area contributed by atoms with Crippen LogP contribution >= 0.6 is 11.8 Å². The van der Waals surface area contributed by atoms with Crippen molar-refractivity contribution in [3.05, 3.63) is 54.2 Å². The molecule has 1 aliphatic rings. The molecule has 0 saturated heterocycles. The van der Waals surface area contributed by atoms with Crippen molar-refractivity contribution in [2.24, 2.45) is 0 Å². The molecule has 7 nitrogen and oxygen atoms in total. The van der Waals surface area contributed by atoms with E-state index >= 15 is 0 Å². The Morgan fingerprint density at radius 3 is 2.57 bits per heavy atom. The molecular formula is C27H33N3O4S. The number of amides is 2. The lowest BCUT2D eigenvalue weighted by Gasteiger charge is -2.22. The van der Waals surface area contributed by atoms with Gasteiger partial charge in [-0.3, -0.25) is 9.59 Å². The molecule has 0 unspecified atom stereocenters. The lowest BCUT2D eigenvalue weighted by Crippen LogP contribution is -2.37. The molecule has 2 N–H and O–H groups in total. The maximum Gasteiger partial charge on any atom is 0.251 e. The standard InChI is InChI=1S/C27H33N3O4S/c1-33-23-13-12-19(16-24(23)34-2)27(32)28-14-15-30-17-25(21-10-6-7-11-22(21)30)35-18-26(31)29-20-8-4-3-5-9-20/h6-7,10-13,16-17,20H,3-5,8-9,14-15,18H2,1-2H3,(H,28,32)(H,29,31). The third kappa shape index (κ3) is 6.31. The number of rotatable bonds is 10. The molecule has 2 aromatic carbocycles. The first-order valence-corrected chi connectivity index (χ1v) is 13.1. The number of hydrogen-bond donors (Lipinski definition) is 2. The van der Waals surface area contributed by atoms with Crippen LogP contribution in [0.2, 0.25) is 0 Å². The van der Waals surface area contributed by atoms with Gasteiger partial charge in [0.15, 0.2) is 11.5 Å². The third-order valence-electron chi connectivity index (χ3n) is 6.37. The second-order valence-electron chi connectivity index (χ2n) is 8.72. The van der Waals surface area contributed by atoms with Crippen molar-refractivity contribution in [3.63, 3.8) is 0 Å². The van der Waals surface area contributed by atoms with Gasteiger partial charge in [-0.2, -0.15) is 0 Å². The minimum absolute atomic E-state index is 0.0981. The summed E-state index contributed by atoms with van der Waals surface area (Å²) < 4.78 is 12.7. The highest BCUT2D eigenvalue weighted by atomic mass is 32.2. The Bertz CT molecular complexity index is 1170. The number of nitrogens with zero attached hydrogens (tertiary/aromatic N) is 1. The van der Waals surface area contributed by atoms with Crippen molar-refractivity contribution in [2.75, 3.05) is 26.5 Å². The van der Waals surface area contributed by atoms with Gasteiger partial charge in [-0.15, -0.1) is 11.8 Å². The van der Waals surface area contributed by atoms with Gasteiger partial charge < -0.3 is 24.7 Å². The maximum atomic E-state index is 12.6. The van der Waals surface area contributed by atoms with E-state index in [-0.39, 0.29) is 11.8 Å². The predicted octanol–water partition coefficient (Wildman–Crippen LogP) is 4.63. The monoisotopic (exact) mass is 495 g/mol. The summed E-state index contributed by atoms with van der Waals surface area (Å²) in [6.45, 7) is 1.09. The second-order valence-corrected chi connectivity index (χ2v) is 9.74. The first-order chi connectivity index (χ1) is 17.1. The third-order valence-corrected chi connectivity index (χ3v) is 7.41. The molecule has 1 aliphatic carbocycles. The molecule has 186 valence electrons. The number of hydrogen-bond acceptors (Lipinski definition) is 5. The molecule has 0 radical (unpaired) electrons. The summed E-state index contributed by atoms with van der Waals surface area (Å²) in [5.74, 6) is 1.43. The van der Waals surface area contributed by atoms with Gasteiger partial charge in [0.05, 0.1) is 20.0 Å². The number of para-hydroxylation sites is 1. The van der Waals surface area contributed by atoms with Crippen LogP contribution < -0.4 is 20.1 Å². The Morgan fingerprint density at radius 2 is 1.80 bits per heavy atom. The molecule has 1 fully saturated rings. The van der Waals surface area contributed by atoms with E-state index in [0.717, 1.165) is 28.6 Å². The number of nitrogens with one attached hydrogen (secondary N) is 2. The number of ether oxygens (including phenoxy) is 2. The fourth-order valence-electron chi connectivity index (χ4n) is 4.54. The Balaban J connectivity index is 1.35. The maximum absolute atomic E-state index is 12.6. The van der Waals surface area contributed by atoms with Crippen LogP contribution in [0.3, 0.4) is 0 Å². The summed E-state index contributed by atoms with van der Waals surface area (Å²) in [5, 5.41) is 7.29. The van der Waals surface area contributed by atoms with Crippen LogP contribution in [0.1, 0.15) is 42.5 Å². The van der Waals surface area contributed by atoms with E-state index in [2.05, 4.69) is 33.5 Å².